The Balaban J connectivity index is 2.48. The minimum absolute atomic E-state index is 0.0297. The third kappa shape index (κ3) is 4.10. The van der Waals surface area contributed by atoms with Crippen LogP contribution in [0.5, 0.6) is 0 Å². The second-order valence-electron chi connectivity index (χ2n) is 0.499. The van der Waals surface area contributed by atoms with Crippen molar-refractivity contribution in [2.45, 2.75) is 6.92 Å². The van der Waals surface area contributed by atoms with Crippen LogP contribution in [0.1, 0.15) is 6.92 Å². The molecule has 0 atom stereocenters. The van der Waals surface area contributed by atoms with E-state index in [2.05, 4.69) is 4.52 Å². The monoisotopic (exact) mass is 90.0 g/mol. The van der Waals surface area contributed by atoms with Crippen LogP contribution in [0.2, 0.25) is 0 Å². The van der Waals surface area contributed by atoms with Crippen molar-refractivity contribution in [1.29, 1.82) is 5.00 Å². The van der Waals surface area contributed by atoms with E-state index >= 15 is 0 Å². The van der Waals surface area contributed by atoms with Crippen molar-refractivity contribution in [2.75, 3.05) is 6.61 Å². The van der Waals surface area contributed by atoms with Crippen molar-refractivity contribution >= 4 is 8.44 Å². The summed E-state index contributed by atoms with van der Waals surface area (Å²) in [6.07, 6.45) is 0. The normalized spacial score (nSPS) is 7.20. The quantitative estimate of drug-likeness (QED) is 0.455. The zero-order valence-electron chi connectivity index (χ0n) is 3.01. The van der Waals surface area contributed by atoms with Gasteiger partial charge >= 0.3 is 31.5 Å². The summed E-state index contributed by atoms with van der Waals surface area (Å²) < 4.78 is 4.36. The van der Waals surface area contributed by atoms with Gasteiger partial charge in [0.15, 0.2) is 0 Å². The van der Waals surface area contributed by atoms with Crippen molar-refractivity contribution in [3.05, 3.63) is 0 Å². The van der Waals surface area contributed by atoms with E-state index in [4.69, 9.17) is 5.00 Å². The Morgan fingerprint density at radius 2 is 2.60 bits per heavy atom. The molecule has 0 aromatic carbocycles. The molecule has 0 unspecified atom stereocenters. The second-order valence-corrected chi connectivity index (χ2v) is 0.921. The van der Waals surface area contributed by atoms with Gasteiger partial charge < -0.3 is 0 Å². The van der Waals surface area contributed by atoms with Crippen LogP contribution in [0.25, 0.3) is 0 Å². The molecule has 0 aromatic rings. The van der Waals surface area contributed by atoms with Gasteiger partial charge in [-0.05, 0) is 0 Å². The molecule has 0 heterocycles. The molecule has 0 fully saturated rings. The van der Waals surface area contributed by atoms with Gasteiger partial charge in [0.2, 0.25) is 0 Å². The maximum atomic E-state index is 7.82. The van der Waals surface area contributed by atoms with E-state index in [0.29, 0.717) is 6.61 Å². The molecule has 2 nitrogen and oxygen atoms in total. The van der Waals surface area contributed by atoms with Crippen LogP contribution in [-0.2, 0) is 4.52 Å². The van der Waals surface area contributed by atoms with Crippen molar-refractivity contribution < 1.29 is 4.52 Å². The summed E-state index contributed by atoms with van der Waals surface area (Å²) in [6, 6.07) is 0. The Morgan fingerprint density at radius 3 is 2.60 bits per heavy atom. The van der Waals surface area contributed by atoms with Crippen LogP contribution >= 0.6 is 8.44 Å². The first kappa shape index (κ1) is 5.10. The summed E-state index contributed by atoms with van der Waals surface area (Å²) in [6.45, 7) is 2.40. The van der Waals surface area contributed by atoms with Crippen molar-refractivity contribution in [3.63, 3.8) is 0 Å². The van der Waals surface area contributed by atoms with Gasteiger partial charge in [0.05, 0.1) is 0 Å². The van der Waals surface area contributed by atoms with E-state index in [0.717, 1.165) is 0 Å². The van der Waals surface area contributed by atoms with Crippen LogP contribution in [0.15, 0.2) is 0 Å². The predicted molar refractivity (Wildman–Crippen MR) is 20.3 cm³/mol. The molecule has 29 valence electrons. The summed E-state index contributed by atoms with van der Waals surface area (Å²) in [5, 5.41) is 7.82. The molecule has 0 amide bonds. The van der Waals surface area contributed by atoms with Gasteiger partial charge in [-0.2, -0.15) is 0 Å². The Hall–Kier alpha value is 0.100. The van der Waals surface area contributed by atoms with Crippen LogP contribution in [0.3, 0.4) is 0 Å². The molecule has 0 spiro atoms. The maximum absolute atomic E-state index is 7.82. The Labute approximate surface area is 32.6 Å². The number of rotatable bonds is 1. The number of hydrogen-bond acceptors (Lipinski definition) is 2. The molecule has 5 heavy (non-hydrogen) atoms. The van der Waals surface area contributed by atoms with Crippen LogP contribution < -0.4 is 0 Å². The summed E-state index contributed by atoms with van der Waals surface area (Å²) in [7, 11) is 0.0297. The average molecular weight is 90.0 g/mol. The molecule has 0 saturated carbocycles. The van der Waals surface area contributed by atoms with Crippen LogP contribution in [0.4, 0.5) is 0 Å². The van der Waals surface area contributed by atoms with E-state index in [-0.39, 0.29) is 8.44 Å². The fraction of sp³-hybridized carbons (Fsp3) is 1.00. The van der Waals surface area contributed by atoms with Gasteiger partial charge in [-0.25, -0.2) is 0 Å². The van der Waals surface area contributed by atoms with E-state index in [9.17, 15) is 0 Å². The van der Waals surface area contributed by atoms with Gasteiger partial charge in [0.1, 0.15) is 0 Å². The molecule has 0 aliphatic rings. The first-order chi connectivity index (χ1) is 2.41. The van der Waals surface area contributed by atoms with Gasteiger partial charge in [-0.3, -0.25) is 0 Å². The standard InChI is InChI=1S/C2H5NOP/c1-2-4-5-3/h2H2,1H3. The van der Waals surface area contributed by atoms with Gasteiger partial charge in [-0.15, -0.1) is 0 Å². The second kappa shape index (κ2) is 4.10. The van der Waals surface area contributed by atoms with Crippen molar-refractivity contribution in [2.24, 2.45) is 0 Å². The summed E-state index contributed by atoms with van der Waals surface area (Å²) in [4.78, 5) is 0. The summed E-state index contributed by atoms with van der Waals surface area (Å²) in [5.74, 6) is 0. The molecule has 0 bridgehead atoms. The number of hydrogen-bond donors (Lipinski definition) is 0. The van der Waals surface area contributed by atoms with Crippen LogP contribution in [-0.4, -0.2) is 6.61 Å². The van der Waals surface area contributed by atoms with Gasteiger partial charge in [0.25, 0.3) is 0 Å². The molecule has 0 saturated heterocycles. The predicted octanol–water partition coefficient (Wildman–Crippen LogP) is 1.36. The Bertz CT molecular complexity index is 48.1. The fourth-order valence-electron chi connectivity index (χ4n) is 0.0577. The molecule has 0 N–H and O–H groups in total. The van der Waals surface area contributed by atoms with Gasteiger partial charge in [0, 0.05) is 0 Å². The first-order valence-corrected chi connectivity index (χ1v) is 2.14. The average Bonchev–Trinajstić information content (AvgIpc) is 1.41. The topological polar surface area (TPSA) is 33.0 Å². The molecule has 0 aromatic heterocycles. The molecule has 0 rings (SSSR count). The zero-order valence-corrected chi connectivity index (χ0v) is 3.90. The summed E-state index contributed by atoms with van der Waals surface area (Å²) >= 11 is 0. The Morgan fingerprint density at radius 1 is 2.00 bits per heavy atom. The zero-order chi connectivity index (χ0) is 4.12. The SMILES string of the molecule is CCO[P]#N. The third-order valence-corrected chi connectivity index (χ3v) is 0.561. The molecule has 0 aliphatic heterocycles. The van der Waals surface area contributed by atoms with Crippen molar-refractivity contribution in [1.82, 2.24) is 0 Å². The summed E-state index contributed by atoms with van der Waals surface area (Å²) in [5.41, 5.74) is 0. The third-order valence-electron chi connectivity index (χ3n) is 0.187. The van der Waals surface area contributed by atoms with Gasteiger partial charge in [-0.1, -0.05) is 0 Å². The fourth-order valence-corrected chi connectivity index (χ4v) is 0.173. The molecule has 1 radical (unpaired) electrons. The van der Waals surface area contributed by atoms with E-state index in [1.54, 1.807) is 0 Å². The molecule has 0 aliphatic carbocycles. The van der Waals surface area contributed by atoms with E-state index < -0.39 is 0 Å². The van der Waals surface area contributed by atoms with E-state index in [1.807, 2.05) is 6.92 Å². The molecule has 3 heteroatoms. The van der Waals surface area contributed by atoms with Crippen LogP contribution in [0, 0.1) is 5.00 Å². The Kier molecular flexibility index (Phi) is 4.18. The first-order valence-electron chi connectivity index (χ1n) is 1.38. The number of nitrogens with zero attached hydrogens (tertiary/aromatic N) is 1. The molecular weight excluding hydrogens is 85.0 g/mol. The van der Waals surface area contributed by atoms with Crippen molar-refractivity contribution in [3.8, 4) is 0 Å². The minimum atomic E-state index is 0.0297. The molecular formula is C2H5NOP. The van der Waals surface area contributed by atoms with E-state index in [1.165, 1.54) is 0 Å².